The molecule has 0 amide bonds. The minimum atomic E-state index is 0.469. The van der Waals surface area contributed by atoms with Crippen molar-refractivity contribution < 1.29 is 0 Å². The first-order chi connectivity index (χ1) is 11.2. The highest BCUT2D eigenvalue weighted by Gasteiger charge is 2.28. The molecule has 0 saturated heterocycles. The molecule has 1 aromatic carbocycles. The van der Waals surface area contributed by atoms with E-state index in [1.165, 1.54) is 0 Å². The molecule has 8 heteroatoms. The Hall–Kier alpha value is -1.86. The molecule has 23 heavy (non-hydrogen) atoms. The Labute approximate surface area is 142 Å². The fourth-order valence-electron chi connectivity index (χ4n) is 2.40. The van der Waals surface area contributed by atoms with Gasteiger partial charge in [-0.25, -0.2) is 9.36 Å². The van der Waals surface area contributed by atoms with E-state index < -0.39 is 0 Å². The van der Waals surface area contributed by atoms with Crippen LogP contribution in [0, 0.1) is 6.92 Å². The maximum atomic E-state index is 6.55. The topological polar surface area (TPSA) is 61.4 Å². The molecule has 1 aliphatic rings. The van der Waals surface area contributed by atoms with Gasteiger partial charge in [0, 0.05) is 11.3 Å². The lowest BCUT2D eigenvalue weighted by Crippen LogP contribution is -1.99. The number of tetrazole rings is 1. The zero-order valence-electron chi connectivity index (χ0n) is 12.6. The molecule has 3 aromatic rings. The maximum Gasteiger partial charge on any atom is 0.209 e. The number of aromatic nitrogens is 6. The van der Waals surface area contributed by atoms with Gasteiger partial charge in [-0.2, -0.15) is 5.10 Å². The SMILES string of the molecule is Cc1nn(-c2ccccc2)c(Cl)c1CSc1nnnn1C1CC1. The Bertz CT molecular complexity index is 824. The maximum absolute atomic E-state index is 6.55. The first-order valence-electron chi connectivity index (χ1n) is 7.44. The lowest BCUT2D eigenvalue weighted by Gasteiger charge is -2.04. The molecule has 0 aliphatic heterocycles. The van der Waals surface area contributed by atoms with Crippen molar-refractivity contribution in [2.24, 2.45) is 0 Å². The third-order valence-corrected chi connectivity index (χ3v) is 5.17. The third kappa shape index (κ3) is 2.86. The first kappa shape index (κ1) is 14.7. The minimum absolute atomic E-state index is 0.469. The summed E-state index contributed by atoms with van der Waals surface area (Å²) in [7, 11) is 0. The van der Waals surface area contributed by atoms with E-state index in [4.69, 9.17) is 11.6 Å². The number of rotatable bonds is 5. The number of para-hydroxylation sites is 1. The zero-order chi connectivity index (χ0) is 15.8. The Kier molecular flexibility index (Phi) is 3.82. The van der Waals surface area contributed by atoms with Crippen LogP contribution in [0.4, 0.5) is 0 Å². The van der Waals surface area contributed by atoms with Crippen molar-refractivity contribution in [1.29, 1.82) is 0 Å². The fourth-order valence-corrected chi connectivity index (χ4v) is 3.85. The Morgan fingerprint density at radius 1 is 1.26 bits per heavy atom. The number of benzene rings is 1. The summed E-state index contributed by atoms with van der Waals surface area (Å²) < 4.78 is 3.69. The highest BCUT2D eigenvalue weighted by atomic mass is 35.5. The number of nitrogens with zero attached hydrogens (tertiary/aromatic N) is 6. The molecular formula is C15H15ClN6S. The molecule has 4 rings (SSSR count). The highest BCUT2D eigenvalue weighted by molar-refractivity contribution is 7.98. The smallest absolute Gasteiger partial charge is 0.209 e. The van der Waals surface area contributed by atoms with Crippen molar-refractivity contribution in [2.75, 3.05) is 0 Å². The number of aryl methyl sites for hydroxylation is 1. The Morgan fingerprint density at radius 2 is 2.04 bits per heavy atom. The van der Waals surface area contributed by atoms with E-state index >= 15 is 0 Å². The standard InChI is InChI=1S/C15H15ClN6S/c1-10-13(9-23-15-17-19-20-22(15)12-7-8-12)14(16)21(18-10)11-5-3-2-4-6-11/h2-6,12H,7-9H2,1H3. The van der Waals surface area contributed by atoms with E-state index in [0.717, 1.165) is 34.9 Å². The third-order valence-electron chi connectivity index (χ3n) is 3.82. The summed E-state index contributed by atoms with van der Waals surface area (Å²) in [5, 5.41) is 18.0. The number of halogens is 1. The molecule has 1 fully saturated rings. The molecular weight excluding hydrogens is 332 g/mol. The minimum Gasteiger partial charge on any atom is -0.222 e. The van der Waals surface area contributed by atoms with Crippen LogP contribution in [-0.4, -0.2) is 30.0 Å². The van der Waals surface area contributed by atoms with Gasteiger partial charge in [-0.05, 0) is 42.3 Å². The molecule has 0 atom stereocenters. The van der Waals surface area contributed by atoms with Gasteiger partial charge in [0.25, 0.3) is 0 Å². The van der Waals surface area contributed by atoms with E-state index in [-0.39, 0.29) is 0 Å². The number of hydrogen-bond donors (Lipinski definition) is 0. The van der Waals surface area contributed by atoms with E-state index in [1.807, 2.05) is 41.9 Å². The van der Waals surface area contributed by atoms with Crippen LogP contribution in [0.1, 0.15) is 30.1 Å². The van der Waals surface area contributed by atoms with Crippen molar-refractivity contribution in [3.8, 4) is 5.69 Å². The van der Waals surface area contributed by atoms with Gasteiger partial charge in [-0.1, -0.05) is 41.6 Å². The Balaban J connectivity index is 1.57. The van der Waals surface area contributed by atoms with Crippen LogP contribution in [0.5, 0.6) is 0 Å². The summed E-state index contributed by atoms with van der Waals surface area (Å²) in [5.41, 5.74) is 2.90. The van der Waals surface area contributed by atoms with Gasteiger partial charge in [0.15, 0.2) is 0 Å². The molecule has 6 nitrogen and oxygen atoms in total. The lowest BCUT2D eigenvalue weighted by molar-refractivity contribution is 0.565. The molecule has 2 heterocycles. The normalized spacial score (nSPS) is 14.3. The molecule has 0 radical (unpaired) electrons. The quantitative estimate of drug-likeness (QED) is 0.662. The highest BCUT2D eigenvalue weighted by Crippen LogP contribution is 2.37. The summed E-state index contributed by atoms with van der Waals surface area (Å²) in [4.78, 5) is 0. The average molecular weight is 347 g/mol. The molecule has 118 valence electrons. The molecule has 0 unspecified atom stereocenters. The summed E-state index contributed by atoms with van der Waals surface area (Å²) >= 11 is 8.15. The van der Waals surface area contributed by atoms with Gasteiger partial charge in [0.05, 0.1) is 17.4 Å². The zero-order valence-corrected chi connectivity index (χ0v) is 14.1. The summed E-state index contributed by atoms with van der Waals surface area (Å²) in [5.74, 6) is 0.699. The van der Waals surface area contributed by atoms with Crippen LogP contribution in [0.2, 0.25) is 5.15 Å². The van der Waals surface area contributed by atoms with Crippen LogP contribution in [-0.2, 0) is 5.75 Å². The molecule has 1 aliphatic carbocycles. The second-order valence-corrected chi connectivity index (χ2v) is 6.83. The number of hydrogen-bond acceptors (Lipinski definition) is 5. The van der Waals surface area contributed by atoms with Crippen LogP contribution < -0.4 is 0 Å². The number of thioether (sulfide) groups is 1. The molecule has 1 saturated carbocycles. The van der Waals surface area contributed by atoms with E-state index in [2.05, 4.69) is 20.6 Å². The summed E-state index contributed by atoms with van der Waals surface area (Å²) in [6, 6.07) is 10.4. The van der Waals surface area contributed by atoms with Gasteiger partial charge in [-0.15, -0.1) is 5.10 Å². The van der Waals surface area contributed by atoms with E-state index in [9.17, 15) is 0 Å². The predicted molar refractivity (Wildman–Crippen MR) is 89.0 cm³/mol. The Morgan fingerprint density at radius 3 is 2.78 bits per heavy atom. The second-order valence-electron chi connectivity index (χ2n) is 5.53. The molecule has 2 aromatic heterocycles. The van der Waals surface area contributed by atoms with E-state index in [0.29, 0.717) is 16.9 Å². The van der Waals surface area contributed by atoms with Crippen molar-refractivity contribution in [3.63, 3.8) is 0 Å². The molecule has 0 bridgehead atoms. The fraction of sp³-hybridized carbons (Fsp3) is 0.333. The van der Waals surface area contributed by atoms with Crippen LogP contribution in [0.3, 0.4) is 0 Å². The largest absolute Gasteiger partial charge is 0.222 e. The van der Waals surface area contributed by atoms with Crippen LogP contribution >= 0.6 is 23.4 Å². The second kappa shape index (κ2) is 5.98. The monoisotopic (exact) mass is 346 g/mol. The van der Waals surface area contributed by atoms with Gasteiger partial charge >= 0.3 is 0 Å². The van der Waals surface area contributed by atoms with Gasteiger partial charge in [0.1, 0.15) is 5.15 Å². The average Bonchev–Trinajstić information content (AvgIpc) is 3.24. The summed E-state index contributed by atoms with van der Waals surface area (Å²) in [6.07, 6.45) is 2.31. The first-order valence-corrected chi connectivity index (χ1v) is 8.80. The van der Waals surface area contributed by atoms with Crippen molar-refractivity contribution in [3.05, 3.63) is 46.7 Å². The van der Waals surface area contributed by atoms with Gasteiger partial charge in [-0.3, -0.25) is 0 Å². The molecule has 0 spiro atoms. The van der Waals surface area contributed by atoms with Gasteiger partial charge < -0.3 is 0 Å². The lowest BCUT2D eigenvalue weighted by atomic mass is 10.3. The van der Waals surface area contributed by atoms with Gasteiger partial charge in [0.2, 0.25) is 5.16 Å². The van der Waals surface area contributed by atoms with Crippen molar-refractivity contribution >= 4 is 23.4 Å². The summed E-state index contributed by atoms with van der Waals surface area (Å²) in [6.45, 7) is 1.98. The van der Waals surface area contributed by atoms with Crippen LogP contribution in [0.15, 0.2) is 35.5 Å². The van der Waals surface area contributed by atoms with Crippen molar-refractivity contribution in [2.45, 2.75) is 36.7 Å². The van der Waals surface area contributed by atoms with Crippen molar-refractivity contribution in [1.82, 2.24) is 30.0 Å². The predicted octanol–water partition coefficient (Wildman–Crippen LogP) is 3.45. The van der Waals surface area contributed by atoms with E-state index in [1.54, 1.807) is 16.4 Å². The molecule has 0 N–H and O–H groups in total. The van der Waals surface area contributed by atoms with Crippen LogP contribution in [0.25, 0.3) is 5.69 Å².